The standard InChI is InChI=1S/C23H26N2O2/c1-2-24-17-20-11-7-6-10-19(20)16-23(22(24)27)12-14-25(15-13-23)21(26)18-8-4-3-5-9-18/h3-11H,2,12-17H2,1H3. The Morgan fingerprint density at radius 2 is 1.59 bits per heavy atom. The van der Waals surface area contributed by atoms with E-state index in [0.717, 1.165) is 31.4 Å². The molecule has 0 N–H and O–H groups in total. The van der Waals surface area contributed by atoms with E-state index in [-0.39, 0.29) is 17.2 Å². The number of fused-ring (bicyclic) bond motifs is 1. The van der Waals surface area contributed by atoms with Crippen LogP contribution in [0.25, 0.3) is 0 Å². The first-order valence-corrected chi connectivity index (χ1v) is 9.83. The van der Waals surface area contributed by atoms with Crippen LogP contribution in [0.1, 0.15) is 41.3 Å². The smallest absolute Gasteiger partial charge is 0.253 e. The van der Waals surface area contributed by atoms with Crippen LogP contribution >= 0.6 is 0 Å². The Labute approximate surface area is 160 Å². The topological polar surface area (TPSA) is 40.6 Å². The number of amides is 2. The number of piperidine rings is 1. The van der Waals surface area contributed by atoms with Crippen LogP contribution in [0, 0.1) is 5.41 Å². The Kier molecular flexibility index (Phi) is 4.73. The van der Waals surface area contributed by atoms with E-state index in [1.807, 2.05) is 47.1 Å². The fourth-order valence-electron chi connectivity index (χ4n) is 4.48. The molecule has 2 amide bonds. The van der Waals surface area contributed by atoms with Gasteiger partial charge in [0.2, 0.25) is 5.91 Å². The molecule has 140 valence electrons. The molecule has 4 rings (SSSR count). The highest BCUT2D eigenvalue weighted by Gasteiger charge is 2.45. The minimum Gasteiger partial charge on any atom is -0.339 e. The SMILES string of the molecule is CCN1Cc2ccccc2CC2(CCN(C(=O)c3ccccc3)CC2)C1=O. The average molecular weight is 362 g/mol. The maximum absolute atomic E-state index is 13.4. The summed E-state index contributed by atoms with van der Waals surface area (Å²) in [5.74, 6) is 0.326. The van der Waals surface area contributed by atoms with Crippen LogP contribution in [0.15, 0.2) is 54.6 Å². The Hall–Kier alpha value is -2.62. The molecule has 1 spiro atoms. The fraction of sp³-hybridized carbons (Fsp3) is 0.391. The van der Waals surface area contributed by atoms with Crippen LogP contribution in [0.2, 0.25) is 0 Å². The molecule has 1 fully saturated rings. The summed E-state index contributed by atoms with van der Waals surface area (Å²) >= 11 is 0. The van der Waals surface area contributed by atoms with Crippen LogP contribution in [-0.4, -0.2) is 41.2 Å². The van der Waals surface area contributed by atoms with E-state index in [9.17, 15) is 9.59 Å². The summed E-state index contributed by atoms with van der Waals surface area (Å²) in [7, 11) is 0. The molecule has 2 aliphatic heterocycles. The number of rotatable bonds is 2. The molecule has 2 aromatic rings. The molecule has 27 heavy (non-hydrogen) atoms. The molecule has 0 aliphatic carbocycles. The van der Waals surface area contributed by atoms with Gasteiger partial charge < -0.3 is 9.80 Å². The molecule has 0 unspecified atom stereocenters. The Morgan fingerprint density at radius 1 is 0.963 bits per heavy atom. The molecular weight excluding hydrogens is 336 g/mol. The molecular formula is C23H26N2O2. The van der Waals surface area contributed by atoms with Gasteiger partial charge in [0.15, 0.2) is 0 Å². The molecule has 0 atom stereocenters. The largest absolute Gasteiger partial charge is 0.339 e. The van der Waals surface area contributed by atoms with Crippen LogP contribution < -0.4 is 0 Å². The van der Waals surface area contributed by atoms with Gasteiger partial charge in [-0.3, -0.25) is 9.59 Å². The van der Waals surface area contributed by atoms with Crippen molar-refractivity contribution in [1.29, 1.82) is 0 Å². The normalized spacial score (nSPS) is 18.9. The minimum absolute atomic E-state index is 0.0688. The second-order valence-corrected chi connectivity index (χ2v) is 7.70. The summed E-state index contributed by atoms with van der Waals surface area (Å²) in [6.45, 7) is 4.74. The second-order valence-electron chi connectivity index (χ2n) is 7.70. The molecule has 4 heteroatoms. The number of likely N-dealkylation sites (tertiary alicyclic amines) is 1. The summed E-state index contributed by atoms with van der Waals surface area (Å²) in [4.78, 5) is 30.1. The lowest BCUT2D eigenvalue weighted by Crippen LogP contribution is -2.51. The highest BCUT2D eigenvalue weighted by Crippen LogP contribution is 2.40. The first-order valence-electron chi connectivity index (χ1n) is 9.83. The van der Waals surface area contributed by atoms with Gasteiger partial charge in [0.25, 0.3) is 5.91 Å². The molecule has 0 saturated carbocycles. The fourth-order valence-corrected chi connectivity index (χ4v) is 4.48. The lowest BCUT2D eigenvalue weighted by molar-refractivity contribution is -0.144. The molecule has 2 heterocycles. The van der Waals surface area contributed by atoms with Crippen LogP contribution in [0.3, 0.4) is 0 Å². The van der Waals surface area contributed by atoms with E-state index in [2.05, 4.69) is 24.3 Å². The Morgan fingerprint density at radius 3 is 2.26 bits per heavy atom. The van der Waals surface area contributed by atoms with Crippen molar-refractivity contribution < 1.29 is 9.59 Å². The lowest BCUT2D eigenvalue weighted by atomic mass is 9.72. The maximum Gasteiger partial charge on any atom is 0.253 e. The van der Waals surface area contributed by atoms with Crippen molar-refractivity contribution >= 4 is 11.8 Å². The number of nitrogens with zero attached hydrogens (tertiary/aromatic N) is 2. The van der Waals surface area contributed by atoms with Gasteiger partial charge in [-0.2, -0.15) is 0 Å². The van der Waals surface area contributed by atoms with E-state index >= 15 is 0 Å². The average Bonchev–Trinajstić information content (AvgIpc) is 2.84. The summed E-state index contributed by atoms with van der Waals surface area (Å²) < 4.78 is 0. The van der Waals surface area contributed by atoms with Crippen molar-refractivity contribution in [2.45, 2.75) is 32.7 Å². The van der Waals surface area contributed by atoms with Crippen molar-refractivity contribution in [3.05, 3.63) is 71.3 Å². The number of hydrogen-bond donors (Lipinski definition) is 0. The zero-order valence-corrected chi connectivity index (χ0v) is 15.9. The van der Waals surface area contributed by atoms with Crippen LogP contribution in [-0.2, 0) is 17.8 Å². The third-order valence-corrected chi connectivity index (χ3v) is 6.16. The van der Waals surface area contributed by atoms with Crippen molar-refractivity contribution in [1.82, 2.24) is 9.80 Å². The molecule has 4 nitrogen and oxygen atoms in total. The van der Waals surface area contributed by atoms with Gasteiger partial charge in [-0.15, -0.1) is 0 Å². The molecule has 0 radical (unpaired) electrons. The molecule has 2 aliphatic rings. The van der Waals surface area contributed by atoms with Gasteiger partial charge in [0.05, 0.1) is 5.41 Å². The molecule has 1 saturated heterocycles. The number of benzene rings is 2. The highest BCUT2D eigenvalue weighted by molar-refractivity contribution is 5.94. The number of hydrogen-bond acceptors (Lipinski definition) is 2. The minimum atomic E-state index is -0.379. The van der Waals surface area contributed by atoms with Gasteiger partial charge in [-0.25, -0.2) is 0 Å². The second kappa shape index (κ2) is 7.18. The van der Waals surface area contributed by atoms with E-state index < -0.39 is 0 Å². The van der Waals surface area contributed by atoms with Crippen molar-refractivity contribution in [2.24, 2.45) is 5.41 Å². The summed E-state index contributed by atoms with van der Waals surface area (Å²) in [5, 5.41) is 0. The lowest BCUT2D eigenvalue weighted by Gasteiger charge is -2.42. The van der Waals surface area contributed by atoms with Gasteiger partial charge in [-0.05, 0) is 49.4 Å². The monoisotopic (exact) mass is 362 g/mol. The van der Waals surface area contributed by atoms with Gasteiger partial charge in [-0.1, -0.05) is 42.5 Å². The highest BCUT2D eigenvalue weighted by atomic mass is 16.2. The first-order chi connectivity index (χ1) is 13.1. The summed E-state index contributed by atoms with van der Waals surface area (Å²) in [6.07, 6.45) is 2.25. The van der Waals surface area contributed by atoms with E-state index in [0.29, 0.717) is 19.6 Å². The maximum atomic E-state index is 13.4. The van der Waals surface area contributed by atoms with E-state index in [4.69, 9.17) is 0 Å². The summed E-state index contributed by atoms with van der Waals surface area (Å²) in [6, 6.07) is 17.8. The van der Waals surface area contributed by atoms with Gasteiger partial charge in [0.1, 0.15) is 0 Å². The molecule has 2 aromatic carbocycles. The van der Waals surface area contributed by atoms with Crippen molar-refractivity contribution in [3.63, 3.8) is 0 Å². The van der Waals surface area contributed by atoms with Gasteiger partial charge >= 0.3 is 0 Å². The quantitative estimate of drug-likeness (QED) is 0.820. The Balaban J connectivity index is 1.57. The summed E-state index contributed by atoms with van der Waals surface area (Å²) in [5.41, 5.74) is 2.88. The Bertz CT molecular complexity index is 838. The van der Waals surface area contributed by atoms with Crippen LogP contribution in [0.5, 0.6) is 0 Å². The predicted octanol–water partition coefficient (Wildman–Crippen LogP) is 3.51. The van der Waals surface area contributed by atoms with Gasteiger partial charge in [0, 0.05) is 31.7 Å². The van der Waals surface area contributed by atoms with Crippen LogP contribution in [0.4, 0.5) is 0 Å². The molecule has 0 bridgehead atoms. The molecule has 0 aromatic heterocycles. The van der Waals surface area contributed by atoms with Crippen molar-refractivity contribution in [3.8, 4) is 0 Å². The zero-order chi connectivity index (χ0) is 18.9. The third kappa shape index (κ3) is 3.25. The predicted molar refractivity (Wildman–Crippen MR) is 105 cm³/mol. The van der Waals surface area contributed by atoms with E-state index in [1.54, 1.807) is 0 Å². The number of carbonyl (C=O) groups excluding carboxylic acids is 2. The zero-order valence-electron chi connectivity index (χ0n) is 15.9. The first kappa shape index (κ1) is 17.8. The third-order valence-electron chi connectivity index (χ3n) is 6.16. The van der Waals surface area contributed by atoms with E-state index in [1.165, 1.54) is 11.1 Å². The number of carbonyl (C=O) groups is 2. The van der Waals surface area contributed by atoms with Crippen molar-refractivity contribution in [2.75, 3.05) is 19.6 Å².